The third-order valence-corrected chi connectivity index (χ3v) is 6.28. The molecule has 2 aromatic heterocycles. The van der Waals surface area contributed by atoms with Crippen molar-refractivity contribution in [2.45, 2.75) is 12.6 Å². The van der Waals surface area contributed by atoms with Gasteiger partial charge in [0, 0.05) is 40.0 Å². The van der Waals surface area contributed by atoms with E-state index in [1.165, 1.54) is 6.07 Å². The summed E-state index contributed by atoms with van der Waals surface area (Å²) in [5, 5.41) is 3.93. The number of pyridine rings is 2. The van der Waals surface area contributed by atoms with E-state index >= 15 is 0 Å². The Labute approximate surface area is 211 Å². The van der Waals surface area contributed by atoms with Crippen molar-refractivity contribution in [3.05, 3.63) is 151 Å². The van der Waals surface area contributed by atoms with Crippen LogP contribution in [0.5, 0.6) is 0 Å². The van der Waals surface area contributed by atoms with Gasteiger partial charge in [-0.2, -0.15) is 0 Å². The predicted octanol–water partition coefficient (Wildman–Crippen LogP) is 4.91. The molecule has 178 valence electrons. The number of amides is 1. The minimum absolute atomic E-state index is 0.215. The number of nitrogens with one attached hydrogen (secondary N) is 2. The lowest BCUT2D eigenvalue weighted by atomic mass is 9.98. The van der Waals surface area contributed by atoms with Crippen LogP contribution in [-0.2, 0) is 6.54 Å². The number of aromatic nitrogens is 2. The molecule has 7 heteroatoms. The van der Waals surface area contributed by atoms with Gasteiger partial charge < -0.3 is 14.9 Å². The second kappa shape index (κ2) is 10.1. The summed E-state index contributed by atoms with van der Waals surface area (Å²) in [6.45, 7) is 0.407. The molecule has 1 atom stereocenters. The second-order valence-electron chi connectivity index (χ2n) is 8.45. The first kappa shape index (κ1) is 23.3. The fourth-order valence-electron chi connectivity index (χ4n) is 4.19. The number of H-pyrrole nitrogens is 1. The standard InChI is InChI=1S/C29H22ClN3O3/c30-22-11-12-23-25(16-22)31-17-24(28(23)35)27(20-9-5-2-6-10-20)32-29(36)21-13-14-33(26(34)15-21)18-19-7-3-1-4-8-19/h1-17,27H,18H2,(H,31,35)(H,32,36). The maximum Gasteiger partial charge on any atom is 0.252 e. The number of carbonyl (C=O) groups is 1. The maximum absolute atomic E-state index is 13.4. The Morgan fingerprint density at radius 3 is 2.36 bits per heavy atom. The van der Waals surface area contributed by atoms with E-state index in [0.717, 1.165) is 11.1 Å². The highest BCUT2D eigenvalue weighted by Gasteiger charge is 2.22. The Hall–Kier alpha value is -4.42. The molecule has 2 N–H and O–H groups in total. The van der Waals surface area contributed by atoms with E-state index in [-0.39, 0.29) is 16.6 Å². The van der Waals surface area contributed by atoms with Crippen molar-refractivity contribution >= 4 is 28.4 Å². The van der Waals surface area contributed by atoms with Gasteiger partial charge in [0.05, 0.1) is 18.1 Å². The van der Waals surface area contributed by atoms with Crippen LogP contribution in [0.25, 0.3) is 10.9 Å². The molecule has 0 aliphatic carbocycles. The third-order valence-electron chi connectivity index (χ3n) is 6.04. The van der Waals surface area contributed by atoms with E-state index in [1.807, 2.05) is 60.7 Å². The Balaban J connectivity index is 1.48. The van der Waals surface area contributed by atoms with Gasteiger partial charge in [-0.15, -0.1) is 0 Å². The number of hydrogen-bond acceptors (Lipinski definition) is 3. The SMILES string of the molecule is O=C(NC(c1ccccc1)c1c[nH]c2cc(Cl)ccc2c1=O)c1ccn(Cc2ccccc2)c(=O)c1. The van der Waals surface area contributed by atoms with Crippen LogP contribution in [0.15, 0.2) is 113 Å². The van der Waals surface area contributed by atoms with Crippen LogP contribution in [0, 0.1) is 0 Å². The second-order valence-corrected chi connectivity index (χ2v) is 8.88. The van der Waals surface area contributed by atoms with Crippen molar-refractivity contribution in [1.82, 2.24) is 14.9 Å². The Kier molecular flexibility index (Phi) is 6.52. The van der Waals surface area contributed by atoms with E-state index < -0.39 is 11.9 Å². The normalized spacial score (nSPS) is 11.8. The number of rotatable bonds is 6. The third kappa shape index (κ3) is 4.85. The fraction of sp³-hybridized carbons (Fsp3) is 0.0690. The van der Waals surface area contributed by atoms with Gasteiger partial charge in [0.25, 0.3) is 11.5 Å². The largest absolute Gasteiger partial charge is 0.361 e. The first-order valence-corrected chi connectivity index (χ1v) is 11.8. The van der Waals surface area contributed by atoms with Gasteiger partial charge in [0.2, 0.25) is 0 Å². The topological polar surface area (TPSA) is 84.0 Å². The number of halogens is 1. The smallest absolute Gasteiger partial charge is 0.252 e. The molecule has 0 bridgehead atoms. The van der Waals surface area contributed by atoms with Crippen molar-refractivity contribution < 1.29 is 4.79 Å². The molecule has 5 aromatic rings. The molecule has 0 saturated carbocycles. The fourth-order valence-corrected chi connectivity index (χ4v) is 4.36. The average Bonchev–Trinajstić information content (AvgIpc) is 2.90. The van der Waals surface area contributed by atoms with Crippen LogP contribution in [0.4, 0.5) is 0 Å². The van der Waals surface area contributed by atoms with Gasteiger partial charge in [0.1, 0.15) is 0 Å². The van der Waals surface area contributed by atoms with E-state index in [0.29, 0.717) is 28.0 Å². The lowest BCUT2D eigenvalue weighted by Gasteiger charge is -2.20. The average molecular weight is 496 g/mol. The summed E-state index contributed by atoms with van der Waals surface area (Å²) in [4.78, 5) is 42.5. The summed E-state index contributed by atoms with van der Waals surface area (Å²) < 4.78 is 1.54. The van der Waals surface area contributed by atoms with Crippen molar-refractivity contribution in [3.63, 3.8) is 0 Å². The zero-order chi connectivity index (χ0) is 25.1. The molecule has 3 aromatic carbocycles. The molecule has 2 heterocycles. The lowest BCUT2D eigenvalue weighted by molar-refractivity contribution is 0.0942. The van der Waals surface area contributed by atoms with Crippen LogP contribution < -0.4 is 16.3 Å². The van der Waals surface area contributed by atoms with Gasteiger partial charge >= 0.3 is 0 Å². The molecule has 36 heavy (non-hydrogen) atoms. The summed E-state index contributed by atoms with van der Waals surface area (Å²) in [5.41, 5.74) is 2.42. The lowest BCUT2D eigenvalue weighted by Crippen LogP contribution is -2.33. The summed E-state index contributed by atoms with van der Waals surface area (Å²) in [6, 6.07) is 26.0. The van der Waals surface area contributed by atoms with Gasteiger partial charge in [-0.3, -0.25) is 14.4 Å². The highest BCUT2D eigenvalue weighted by Crippen LogP contribution is 2.22. The van der Waals surface area contributed by atoms with Crippen LogP contribution in [0.3, 0.4) is 0 Å². The van der Waals surface area contributed by atoms with Crippen LogP contribution in [-0.4, -0.2) is 15.5 Å². The van der Waals surface area contributed by atoms with Crippen molar-refractivity contribution in [2.75, 3.05) is 0 Å². The zero-order valence-corrected chi connectivity index (χ0v) is 19.9. The van der Waals surface area contributed by atoms with Crippen LogP contribution in [0.2, 0.25) is 5.02 Å². The molecular formula is C29H22ClN3O3. The van der Waals surface area contributed by atoms with Crippen LogP contribution >= 0.6 is 11.6 Å². The highest BCUT2D eigenvalue weighted by atomic mass is 35.5. The Morgan fingerprint density at radius 2 is 1.64 bits per heavy atom. The van der Waals surface area contributed by atoms with Crippen molar-refractivity contribution in [1.29, 1.82) is 0 Å². The van der Waals surface area contributed by atoms with E-state index in [2.05, 4.69) is 10.3 Å². The number of benzene rings is 3. The van der Waals surface area contributed by atoms with Crippen molar-refractivity contribution in [3.8, 4) is 0 Å². The molecule has 0 spiro atoms. The predicted molar refractivity (Wildman–Crippen MR) is 142 cm³/mol. The quantitative estimate of drug-likeness (QED) is 0.351. The summed E-state index contributed by atoms with van der Waals surface area (Å²) in [6.07, 6.45) is 3.20. The first-order chi connectivity index (χ1) is 17.5. The molecule has 0 saturated heterocycles. The molecule has 0 fully saturated rings. The van der Waals surface area contributed by atoms with E-state index in [1.54, 1.807) is 41.2 Å². The molecule has 1 amide bonds. The van der Waals surface area contributed by atoms with Crippen LogP contribution in [0.1, 0.15) is 33.1 Å². The highest BCUT2D eigenvalue weighted by molar-refractivity contribution is 6.31. The van der Waals surface area contributed by atoms with E-state index in [9.17, 15) is 14.4 Å². The van der Waals surface area contributed by atoms with Gasteiger partial charge in [-0.1, -0.05) is 72.3 Å². The molecule has 6 nitrogen and oxygen atoms in total. The summed E-state index contributed by atoms with van der Waals surface area (Å²) in [5.74, 6) is -0.455. The van der Waals surface area contributed by atoms with Gasteiger partial charge in [-0.05, 0) is 35.4 Å². The Bertz CT molecular complexity index is 1660. The summed E-state index contributed by atoms with van der Waals surface area (Å²) >= 11 is 6.07. The number of nitrogens with zero attached hydrogens (tertiary/aromatic N) is 1. The minimum atomic E-state index is -0.728. The molecule has 0 aliphatic heterocycles. The first-order valence-electron chi connectivity index (χ1n) is 11.4. The zero-order valence-electron chi connectivity index (χ0n) is 19.1. The molecule has 5 rings (SSSR count). The number of hydrogen-bond donors (Lipinski definition) is 2. The van der Waals surface area contributed by atoms with Gasteiger partial charge in [0.15, 0.2) is 5.43 Å². The molecular weight excluding hydrogens is 474 g/mol. The monoisotopic (exact) mass is 495 g/mol. The molecule has 0 aliphatic rings. The van der Waals surface area contributed by atoms with E-state index in [4.69, 9.17) is 11.6 Å². The number of fused-ring (bicyclic) bond motifs is 1. The Morgan fingerprint density at radius 1 is 0.917 bits per heavy atom. The molecule has 1 unspecified atom stereocenters. The number of carbonyl (C=O) groups excluding carboxylic acids is 1. The number of aromatic amines is 1. The minimum Gasteiger partial charge on any atom is -0.361 e. The van der Waals surface area contributed by atoms with Crippen molar-refractivity contribution in [2.24, 2.45) is 0 Å². The molecule has 0 radical (unpaired) electrons. The maximum atomic E-state index is 13.4. The summed E-state index contributed by atoms with van der Waals surface area (Å²) in [7, 11) is 0. The van der Waals surface area contributed by atoms with Gasteiger partial charge in [-0.25, -0.2) is 0 Å².